The number of hydrogen-bond donors (Lipinski definition) is 1. The van der Waals surface area contributed by atoms with Crippen LogP contribution in [0.4, 0.5) is 5.69 Å². The molecular weight excluding hydrogens is 257 g/mol. The molecule has 89 valence electrons. The molecule has 0 fully saturated rings. The monoisotopic (exact) mass is 270 g/mol. The standard InChI is InChI=1S/C14H13NO.Co/c1-11-6-5-7-12(14(11)16)10-15-13-8-3-2-4-9-13;/h2-10,16H,1H3;. The zero-order valence-electron chi connectivity index (χ0n) is 9.42. The Bertz CT molecular complexity index is 509. The van der Waals surface area contributed by atoms with Crippen LogP contribution in [0.1, 0.15) is 11.1 Å². The van der Waals surface area contributed by atoms with E-state index in [9.17, 15) is 5.11 Å². The van der Waals surface area contributed by atoms with E-state index in [1.807, 2.05) is 55.5 Å². The molecule has 1 N–H and O–H groups in total. The van der Waals surface area contributed by atoms with Gasteiger partial charge < -0.3 is 5.11 Å². The number of benzene rings is 2. The molecule has 0 aliphatic carbocycles. The van der Waals surface area contributed by atoms with Gasteiger partial charge in [-0.1, -0.05) is 30.3 Å². The quantitative estimate of drug-likeness (QED) is 0.833. The summed E-state index contributed by atoms with van der Waals surface area (Å²) in [6.07, 6.45) is 1.68. The van der Waals surface area contributed by atoms with Crippen LogP contribution in [0.25, 0.3) is 0 Å². The minimum Gasteiger partial charge on any atom is -0.507 e. The first kappa shape index (κ1) is 13.5. The SMILES string of the molecule is Cc1cccc(C=Nc2ccccc2)c1O.[Co]. The van der Waals surface area contributed by atoms with Crippen molar-refractivity contribution in [1.82, 2.24) is 0 Å². The molecule has 1 radical (unpaired) electrons. The molecule has 17 heavy (non-hydrogen) atoms. The van der Waals surface area contributed by atoms with Gasteiger partial charge in [-0.25, -0.2) is 0 Å². The van der Waals surface area contributed by atoms with Crippen LogP contribution in [0.3, 0.4) is 0 Å². The minimum atomic E-state index is 0. The third-order valence-electron chi connectivity index (χ3n) is 2.38. The molecular formula is C14H13CoNO. The predicted octanol–water partition coefficient (Wildman–Crippen LogP) is 3.45. The van der Waals surface area contributed by atoms with Crippen LogP contribution in [0.15, 0.2) is 53.5 Å². The second-order valence-electron chi connectivity index (χ2n) is 3.61. The summed E-state index contributed by atoms with van der Waals surface area (Å²) in [4.78, 5) is 4.29. The Morgan fingerprint density at radius 1 is 1.00 bits per heavy atom. The van der Waals surface area contributed by atoms with Crippen molar-refractivity contribution < 1.29 is 21.9 Å². The second-order valence-corrected chi connectivity index (χ2v) is 3.61. The van der Waals surface area contributed by atoms with E-state index in [-0.39, 0.29) is 16.8 Å². The van der Waals surface area contributed by atoms with E-state index in [0.29, 0.717) is 5.75 Å². The first-order valence-corrected chi connectivity index (χ1v) is 5.15. The summed E-state index contributed by atoms with van der Waals surface area (Å²) in [5.41, 5.74) is 2.48. The smallest absolute Gasteiger partial charge is 0.127 e. The summed E-state index contributed by atoms with van der Waals surface area (Å²) in [7, 11) is 0. The molecule has 0 atom stereocenters. The predicted molar refractivity (Wildman–Crippen MR) is 66.5 cm³/mol. The van der Waals surface area contributed by atoms with Gasteiger partial charge in [0, 0.05) is 28.6 Å². The van der Waals surface area contributed by atoms with E-state index < -0.39 is 0 Å². The van der Waals surface area contributed by atoms with E-state index in [4.69, 9.17) is 0 Å². The van der Waals surface area contributed by atoms with Gasteiger partial charge in [-0.05, 0) is 30.7 Å². The number of para-hydroxylation sites is 2. The van der Waals surface area contributed by atoms with Gasteiger partial charge in [0.2, 0.25) is 0 Å². The van der Waals surface area contributed by atoms with Crippen molar-refractivity contribution in [2.24, 2.45) is 4.99 Å². The maximum atomic E-state index is 9.78. The van der Waals surface area contributed by atoms with Crippen molar-refractivity contribution in [2.45, 2.75) is 6.92 Å². The molecule has 0 bridgehead atoms. The van der Waals surface area contributed by atoms with E-state index in [2.05, 4.69) is 4.99 Å². The first-order valence-electron chi connectivity index (χ1n) is 5.15. The summed E-state index contributed by atoms with van der Waals surface area (Å²) >= 11 is 0. The molecule has 2 rings (SSSR count). The van der Waals surface area contributed by atoms with Gasteiger partial charge >= 0.3 is 0 Å². The van der Waals surface area contributed by atoms with Gasteiger partial charge in [0.1, 0.15) is 5.75 Å². The molecule has 0 spiro atoms. The molecule has 2 aromatic rings. The number of aryl methyl sites for hydroxylation is 1. The topological polar surface area (TPSA) is 32.6 Å². The van der Waals surface area contributed by atoms with Gasteiger partial charge in [0.25, 0.3) is 0 Å². The fourth-order valence-corrected chi connectivity index (χ4v) is 1.44. The molecule has 2 nitrogen and oxygen atoms in total. The summed E-state index contributed by atoms with van der Waals surface area (Å²) in [5, 5.41) is 9.78. The van der Waals surface area contributed by atoms with Crippen LogP contribution in [0, 0.1) is 6.92 Å². The Morgan fingerprint density at radius 2 is 1.71 bits per heavy atom. The second kappa shape index (κ2) is 6.23. The van der Waals surface area contributed by atoms with E-state index in [1.54, 1.807) is 6.21 Å². The molecule has 0 saturated carbocycles. The number of aromatic hydroxyl groups is 1. The van der Waals surface area contributed by atoms with Crippen molar-refractivity contribution in [3.63, 3.8) is 0 Å². The van der Waals surface area contributed by atoms with Crippen LogP contribution in [0.2, 0.25) is 0 Å². The molecule has 0 saturated heterocycles. The average molecular weight is 270 g/mol. The maximum Gasteiger partial charge on any atom is 0.127 e. The van der Waals surface area contributed by atoms with Crippen LogP contribution < -0.4 is 0 Å². The molecule has 2 aromatic carbocycles. The summed E-state index contributed by atoms with van der Waals surface area (Å²) < 4.78 is 0. The largest absolute Gasteiger partial charge is 0.507 e. The Hall–Kier alpha value is -1.58. The first-order chi connectivity index (χ1) is 7.77. The van der Waals surface area contributed by atoms with Crippen molar-refractivity contribution in [3.8, 4) is 5.75 Å². The number of rotatable bonds is 2. The molecule has 0 aliphatic heterocycles. The van der Waals surface area contributed by atoms with Gasteiger partial charge in [0.15, 0.2) is 0 Å². The number of phenols is 1. The van der Waals surface area contributed by atoms with Gasteiger partial charge in [-0.15, -0.1) is 0 Å². The van der Waals surface area contributed by atoms with Crippen LogP contribution in [-0.2, 0) is 16.8 Å². The number of hydrogen-bond acceptors (Lipinski definition) is 2. The third-order valence-corrected chi connectivity index (χ3v) is 2.38. The van der Waals surface area contributed by atoms with E-state index in [0.717, 1.165) is 16.8 Å². The summed E-state index contributed by atoms with van der Waals surface area (Å²) in [6.45, 7) is 1.87. The van der Waals surface area contributed by atoms with Gasteiger partial charge in [0.05, 0.1) is 5.69 Å². The van der Waals surface area contributed by atoms with E-state index >= 15 is 0 Å². The molecule has 0 aromatic heterocycles. The van der Waals surface area contributed by atoms with Crippen LogP contribution in [0.5, 0.6) is 5.75 Å². The Labute approximate surface area is 111 Å². The zero-order valence-corrected chi connectivity index (χ0v) is 10.5. The molecule has 3 heteroatoms. The van der Waals surface area contributed by atoms with Crippen molar-refractivity contribution in [1.29, 1.82) is 0 Å². The minimum absolute atomic E-state index is 0. The normalized spacial score (nSPS) is 10.2. The van der Waals surface area contributed by atoms with Crippen LogP contribution >= 0.6 is 0 Å². The molecule has 0 heterocycles. The zero-order chi connectivity index (χ0) is 11.4. The number of nitrogens with zero attached hydrogens (tertiary/aromatic N) is 1. The molecule has 0 amide bonds. The maximum absolute atomic E-state index is 9.78. The fourth-order valence-electron chi connectivity index (χ4n) is 1.44. The van der Waals surface area contributed by atoms with Crippen molar-refractivity contribution >= 4 is 11.9 Å². The number of phenolic OH excluding ortho intramolecular Hbond substituents is 1. The molecule has 0 aliphatic rings. The Morgan fingerprint density at radius 3 is 2.41 bits per heavy atom. The molecule has 0 unspecified atom stereocenters. The Kier molecular flexibility index (Phi) is 4.94. The van der Waals surface area contributed by atoms with Crippen molar-refractivity contribution in [2.75, 3.05) is 0 Å². The van der Waals surface area contributed by atoms with Gasteiger partial charge in [-0.2, -0.15) is 0 Å². The number of aliphatic imine (C=N–C) groups is 1. The van der Waals surface area contributed by atoms with Gasteiger partial charge in [-0.3, -0.25) is 4.99 Å². The van der Waals surface area contributed by atoms with E-state index in [1.165, 1.54) is 0 Å². The fraction of sp³-hybridized carbons (Fsp3) is 0.0714. The average Bonchev–Trinajstić information content (AvgIpc) is 2.32. The van der Waals surface area contributed by atoms with Crippen LogP contribution in [-0.4, -0.2) is 11.3 Å². The van der Waals surface area contributed by atoms with Crippen molar-refractivity contribution in [3.05, 3.63) is 59.7 Å². The summed E-state index contributed by atoms with van der Waals surface area (Å²) in [6, 6.07) is 15.3. The summed E-state index contributed by atoms with van der Waals surface area (Å²) in [5.74, 6) is 0.294. The third kappa shape index (κ3) is 3.44. The Balaban J connectivity index is 0.00000144.